The third-order valence-corrected chi connectivity index (χ3v) is 1.35. The minimum Gasteiger partial charge on any atom is -0.387 e. The lowest BCUT2D eigenvalue weighted by Crippen LogP contribution is -2.20. The van der Waals surface area contributed by atoms with Crippen LogP contribution in [0.15, 0.2) is 4.63 Å². The molecule has 0 spiro atoms. The first-order chi connectivity index (χ1) is 6.66. The summed E-state index contributed by atoms with van der Waals surface area (Å²) in [5.74, 6) is -0.424. The van der Waals surface area contributed by atoms with E-state index in [2.05, 4.69) is 20.3 Å². The molecule has 0 aliphatic carbocycles. The van der Waals surface area contributed by atoms with Crippen LogP contribution in [0.5, 0.6) is 0 Å². The van der Waals surface area contributed by atoms with Crippen LogP contribution in [-0.4, -0.2) is 28.4 Å². The minimum atomic E-state index is -0.858. The molecule has 1 heterocycles. The van der Waals surface area contributed by atoms with Crippen LogP contribution in [0, 0.1) is 0 Å². The fourth-order valence-electron chi connectivity index (χ4n) is 0.746. The van der Waals surface area contributed by atoms with Crippen molar-refractivity contribution in [3.8, 4) is 0 Å². The molecule has 6 nitrogen and oxygen atoms in total. The monoisotopic (exact) mass is 201 g/mol. The smallest absolute Gasteiger partial charge is 0.275 e. The molecule has 0 saturated carbocycles. The lowest BCUT2D eigenvalue weighted by atomic mass is 10.2. The SMILES string of the molecule is CC.CNC(=O)c1nonc1C(C)O. The lowest BCUT2D eigenvalue weighted by Gasteiger charge is -1.98. The van der Waals surface area contributed by atoms with Crippen molar-refractivity contribution in [1.82, 2.24) is 15.6 Å². The molecule has 1 rings (SSSR count). The number of aliphatic hydroxyl groups excluding tert-OH is 1. The van der Waals surface area contributed by atoms with Gasteiger partial charge in [0.25, 0.3) is 5.91 Å². The third kappa shape index (κ3) is 2.81. The van der Waals surface area contributed by atoms with Crippen molar-refractivity contribution in [2.24, 2.45) is 0 Å². The van der Waals surface area contributed by atoms with Crippen molar-refractivity contribution in [2.45, 2.75) is 26.9 Å². The molecule has 0 aliphatic rings. The summed E-state index contributed by atoms with van der Waals surface area (Å²) in [6.07, 6.45) is -0.858. The maximum atomic E-state index is 11.0. The van der Waals surface area contributed by atoms with Gasteiger partial charge in [-0.05, 0) is 12.1 Å². The largest absolute Gasteiger partial charge is 0.387 e. The molecule has 2 N–H and O–H groups in total. The van der Waals surface area contributed by atoms with Crippen LogP contribution in [0.3, 0.4) is 0 Å². The van der Waals surface area contributed by atoms with Crippen LogP contribution >= 0.6 is 0 Å². The normalized spacial score (nSPS) is 11.2. The standard InChI is InChI=1S/C6H9N3O3.C2H6/c1-3(10)4-5(6(11)7-2)9-12-8-4;1-2/h3,10H,1-2H3,(H,7,11);1-2H3. The van der Waals surface area contributed by atoms with Crippen LogP contribution in [-0.2, 0) is 0 Å². The van der Waals surface area contributed by atoms with Crippen molar-refractivity contribution < 1.29 is 14.5 Å². The number of rotatable bonds is 2. The average molecular weight is 201 g/mol. The van der Waals surface area contributed by atoms with Gasteiger partial charge in [0.05, 0.1) is 6.10 Å². The summed E-state index contributed by atoms with van der Waals surface area (Å²) in [5.41, 5.74) is 0.168. The number of nitrogens with one attached hydrogen (secondary N) is 1. The van der Waals surface area contributed by atoms with Crippen molar-refractivity contribution in [3.05, 3.63) is 11.4 Å². The van der Waals surface area contributed by atoms with Gasteiger partial charge in [-0.1, -0.05) is 19.0 Å². The van der Waals surface area contributed by atoms with Crippen LogP contribution < -0.4 is 5.32 Å². The van der Waals surface area contributed by atoms with E-state index in [1.807, 2.05) is 13.8 Å². The molecule has 1 aromatic rings. The third-order valence-electron chi connectivity index (χ3n) is 1.35. The van der Waals surface area contributed by atoms with Gasteiger partial charge in [0, 0.05) is 7.05 Å². The molecule has 1 unspecified atom stereocenters. The zero-order chi connectivity index (χ0) is 11.1. The molecule has 1 aromatic heterocycles. The van der Waals surface area contributed by atoms with Gasteiger partial charge >= 0.3 is 0 Å². The molecule has 0 fully saturated rings. The first kappa shape index (κ1) is 12.6. The molecular formula is C8H15N3O3. The predicted octanol–water partition coefficient (Wildman–Crippen LogP) is 0.509. The van der Waals surface area contributed by atoms with E-state index in [0.29, 0.717) is 0 Å². The Morgan fingerprint density at radius 2 is 2.07 bits per heavy atom. The first-order valence-corrected chi connectivity index (χ1v) is 4.39. The van der Waals surface area contributed by atoms with Gasteiger partial charge in [-0.2, -0.15) is 0 Å². The van der Waals surface area contributed by atoms with E-state index >= 15 is 0 Å². The second-order valence-corrected chi connectivity index (χ2v) is 2.25. The Morgan fingerprint density at radius 3 is 2.50 bits per heavy atom. The van der Waals surface area contributed by atoms with Crippen LogP contribution in [0.2, 0.25) is 0 Å². The van der Waals surface area contributed by atoms with Gasteiger partial charge in [0.2, 0.25) is 0 Å². The Bertz CT molecular complexity index is 283. The second-order valence-electron chi connectivity index (χ2n) is 2.25. The Kier molecular flexibility index (Phi) is 5.47. The molecular weight excluding hydrogens is 186 g/mol. The van der Waals surface area contributed by atoms with Gasteiger partial charge in [-0.3, -0.25) is 4.79 Å². The Hall–Kier alpha value is -1.43. The zero-order valence-electron chi connectivity index (χ0n) is 8.74. The predicted molar refractivity (Wildman–Crippen MR) is 49.7 cm³/mol. The summed E-state index contributed by atoms with van der Waals surface area (Å²) in [6.45, 7) is 5.48. The van der Waals surface area contributed by atoms with Gasteiger partial charge in [0.1, 0.15) is 5.69 Å². The summed E-state index contributed by atoms with van der Waals surface area (Å²) in [6, 6.07) is 0. The van der Waals surface area contributed by atoms with Crippen LogP contribution in [0.25, 0.3) is 0 Å². The maximum Gasteiger partial charge on any atom is 0.275 e. The summed E-state index contributed by atoms with van der Waals surface area (Å²) >= 11 is 0. The molecule has 80 valence electrons. The highest BCUT2D eigenvalue weighted by Gasteiger charge is 2.20. The van der Waals surface area contributed by atoms with Crippen LogP contribution in [0.4, 0.5) is 0 Å². The van der Waals surface area contributed by atoms with Crippen molar-refractivity contribution in [3.63, 3.8) is 0 Å². The minimum absolute atomic E-state index is 0.0208. The molecule has 6 heteroatoms. The summed E-state index contributed by atoms with van der Waals surface area (Å²) in [7, 11) is 1.46. The summed E-state index contributed by atoms with van der Waals surface area (Å²) in [4.78, 5) is 11.0. The highest BCUT2D eigenvalue weighted by Crippen LogP contribution is 2.12. The fraction of sp³-hybridized carbons (Fsp3) is 0.625. The van der Waals surface area contributed by atoms with E-state index in [1.165, 1.54) is 14.0 Å². The highest BCUT2D eigenvalue weighted by molar-refractivity contribution is 5.92. The topological polar surface area (TPSA) is 88.3 Å². The van der Waals surface area contributed by atoms with E-state index in [-0.39, 0.29) is 11.4 Å². The molecule has 0 bridgehead atoms. The van der Waals surface area contributed by atoms with Gasteiger partial charge in [0.15, 0.2) is 5.69 Å². The first-order valence-electron chi connectivity index (χ1n) is 4.39. The number of aliphatic hydroxyl groups is 1. The summed E-state index contributed by atoms with van der Waals surface area (Å²) < 4.78 is 4.31. The molecule has 0 aliphatic heterocycles. The maximum absolute atomic E-state index is 11.0. The Labute approximate surface area is 82.3 Å². The number of carbonyl (C=O) groups excluding carboxylic acids is 1. The van der Waals surface area contributed by atoms with Crippen LogP contribution in [0.1, 0.15) is 43.1 Å². The molecule has 1 amide bonds. The van der Waals surface area contributed by atoms with Gasteiger partial charge in [-0.25, -0.2) is 4.63 Å². The average Bonchev–Trinajstić information content (AvgIpc) is 2.68. The van der Waals surface area contributed by atoms with E-state index in [1.54, 1.807) is 0 Å². The molecule has 1 atom stereocenters. The van der Waals surface area contributed by atoms with Crippen molar-refractivity contribution in [2.75, 3.05) is 7.05 Å². The molecule has 14 heavy (non-hydrogen) atoms. The van der Waals surface area contributed by atoms with E-state index in [9.17, 15) is 4.79 Å². The summed E-state index contributed by atoms with van der Waals surface area (Å²) in [5, 5.41) is 18.2. The number of carbonyl (C=O) groups is 1. The van der Waals surface area contributed by atoms with Gasteiger partial charge < -0.3 is 10.4 Å². The van der Waals surface area contributed by atoms with Crippen molar-refractivity contribution in [1.29, 1.82) is 0 Å². The number of nitrogens with zero attached hydrogens (tertiary/aromatic N) is 2. The number of hydrogen-bond acceptors (Lipinski definition) is 5. The Balaban J connectivity index is 0.000000791. The quantitative estimate of drug-likeness (QED) is 0.727. The number of hydrogen-bond donors (Lipinski definition) is 2. The molecule has 0 radical (unpaired) electrons. The Morgan fingerprint density at radius 1 is 1.50 bits per heavy atom. The fourth-order valence-corrected chi connectivity index (χ4v) is 0.746. The van der Waals surface area contributed by atoms with E-state index in [4.69, 9.17) is 5.11 Å². The number of aromatic nitrogens is 2. The van der Waals surface area contributed by atoms with Crippen molar-refractivity contribution >= 4 is 5.91 Å². The lowest BCUT2D eigenvalue weighted by molar-refractivity contribution is 0.0948. The van der Waals surface area contributed by atoms with E-state index < -0.39 is 12.0 Å². The zero-order valence-corrected chi connectivity index (χ0v) is 8.74. The molecule has 0 aromatic carbocycles. The van der Waals surface area contributed by atoms with E-state index in [0.717, 1.165) is 0 Å². The van der Waals surface area contributed by atoms with Gasteiger partial charge in [-0.15, -0.1) is 0 Å². The highest BCUT2D eigenvalue weighted by atomic mass is 16.6. The molecule has 0 saturated heterocycles. The second kappa shape index (κ2) is 6.09. The number of amides is 1.